The van der Waals surface area contributed by atoms with E-state index in [4.69, 9.17) is 5.73 Å². The predicted molar refractivity (Wildman–Crippen MR) is 90.2 cm³/mol. The highest BCUT2D eigenvalue weighted by Gasteiger charge is 2.40. The number of aromatic nitrogens is 1. The third-order valence-electron chi connectivity index (χ3n) is 4.20. The van der Waals surface area contributed by atoms with Crippen molar-refractivity contribution in [1.82, 2.24) is 4.98 Å². The number of halogens is 1. The molecule has 1 amide bonds. The number of nitrogens with one attached hydrogen (secondary N) is 1. The molecule has 1 heterocycles. The Morgan fingerprint density at radius 3 is 2.81 bits per heavy atom. The molecule has 0 radical (unpaired) electrons. The van der Waals surface area contributed by atoms with Crippen LogP contribution in [0.4, 0.5) is 5.13 Å². The van der Waals surface area contributed by atoms with Crippen LogP contribution >= 0.6 is 23.7 Å². The number of aryl methyl sites for hydroxylation is 1. The minimum Gasteiger partial charge on any atom is -0.329 e. The summed E-state index contributed by atoms with van der Waals surface area (Å²) < 4.78 is 1.11. The van der Waals surface area contributed by atoms with E-state index in [-0.39, 0.29) is 23.7 Å². The van der Waals surface area contributed by atoms with Crippen molar-refractivity contribution in [3.05, 3.63) is 23.8 Å². The first-order valence-electron chi connectivity index (χ1n) is 7.02. The van der Waals surface area contributed by atoms with Gasteiger partial charge in [-0.2, -0.15) is 0 Å². The molecule has 0 atom stereocenters. The molecule has 0 saturated heterocycles. The molecule has 4 nitrogen and oxygen atoms in total. The summed E-state index contributed by atoms with van der Waals surface area (Å²) in [6, 6.07) is 6.12. The van der Waals surface area contributed by atoms with Gasteiger partial charge < -0.3 is 11.1 Å². The van der Waals surface area contributed by atoms with Gasteiger partial charge in [0.2, 0.25) is 5.91 Å². The molecule has 6 heteroatoms. The highest BCUT2D eigenvalue weighted by atomic mass is 35.5. The van der Waals surface area contributed by atoms with Crippen molar-refractivity contribution in [2.45, 2.75) is 32.6 Å². The average Bonchev–Trinajstić information content (AvgIpc) is 3.04. The second kappa shape index (κ2) is 6.30. The Labute approximate surface area is 134 Å². The van der Waals surface area contributed by atoms with Gasteiger partial charge >= 0.3 is 0 Å². The molecule has 1 aliphatic rings. The van der Waals surface area contributed by atoms with Crippen LogP contribution in [0.2, 0.25) is 0 Å². The summed E-state index contributed by atoms with van der Waals surface area (Å²) in [4.78, 5) is 17.0. The molecule has 0 unspecified atom stereocenters. The van der Waals surface area contributed by atoms with Crippen LogP contribution in [0, 0.1) is 12.3 Å². The minimum absolute atomic E-state index is 0. The second-order valence-electron chi connectivity index (χ2n) is 5.64. The molecule has 114 valence electrons. The SMILES string of the molecule is Cc1ccc2nc(NC(=O)C3(CN)CCCC3)sc2c1.Cl. The summed E-state index contributed by atoms with van der Waals surface area (Å²) in [6.07, 6.45) is 3.95. The lowest BCUT2D eigenvalue weighted by Gasteiger charge is -2.24. The van der Waals surface area contributed by atoms with Gasteiger partial charge in [-0.1, -0.05) is 30.2 Å². The number of rotatable bonds is 3. The lowest BCUT2D eigenvalue weighted by atomic mass is 9.85. The number of hydrogen-bond donors (Lipinski definition) is 2. The van der Waals surface area contributed by atoms with E-state index in [2.05, 4.69) is 23.3 Å². The van der Waals surface area contributed by atoms with E-state index in [1.165, 1.54) is 16.9 Å². The van der Waals surface area contributed by atoms with Crippen LogP contribution < -0.4 is 11.1 Å². The van der Waals surface area contributed by atoms with Gasteiger partial charge in [-0.25, -0.2) is 4.98 Å². The molecular formula is C15H20ClN3OS. The van der Waals surface area contributed by atoms with Gasteiger partial charge in [-0.15, -0.1) is 12.4 Å². The van der Waals surface area contributed by atoms with E-state index in [9.17, 15) is 4.79 Å². The van der Waals surface area contributed by atoms with Crippen LogP contribution in [0.5, 0.6) is 0 Å². The highest BCUT2D eigenvalue weighted by Crippen LogP contribution is 2.38. The molecule has 3 N–H and O–H groups in total. The second-order valence-corrected chi connectivity index (χ2v) is 6.67. The van der Waals surface area contributed by atoms with Gasteiger partial charge in [0, 0.05) is 6.54 Å². The van der Waals surface area contributed by atoms with Gasteiger partial charge in [-0.05, 0) is 37.5 Å². The fraction of sp³-hybridized carbons (Fsp3) is 0.467. The summed E-state index contributed by atoms with van der Waals surface area (Å²) in [5.41, 5.74) is 7.60. The average molecular weight is 326 g/mol. The Balaban J connectivity index is 0.00000161. The van der Waals surface area contributed by atoms with Crippen molar-refractivity contribution >= 4 is 45.0 Å². The number of carbonyl (C=O) groups is 1. The van der Waals surface area contributed by atoms with Crippen LogP contribution in [-0.4, -0.2) is 17.4 Å². The van der Waals surface area contributed by atoms with E-state index >= 15 is 0 Å². The number of nitrogens with two attached hydrogens (primary N) is 1. The van der Waals surface area contributed by atoms with Crippen LogP contribution in [0.3, 0.4) is 0 Å². The molecule has 0 spiro atoms. The smallest absolute Gasteiger partial charge is 0.233 e. The zero-order chi connectivity index (χ0) is 14.2. The fourth-order valence-electron chi connectivity index (χ4n) is 2.89. The highest BCUT2D eigenvalue weighted by molar-refractivity contribution is 7.22. The zero-order valence-corrected chi connectivity index (χ0v) is 13.6. The third kappa shape index (κ3) is 3.05. The van der Waals surface area contributed by atoms with Crippen LogP contribution in [0.1, 0.15) is 31.2 Å². The summed E-state index contributed by atoms with van der Waals surface area (Å²) in [6.45, 7) is 2.47. The van der Waals surface area contributed by atoms with E-state index in [1.54, 1.807) is 0 Å². The topological polar surface area (TPSA) is 68.0 Å². The Bertz CT molecular complexity index is 649. The monoisotopic (exact) mass is 325 g/mol. The van der Waals surface area contributed by atoms with Crippen LogP contribution in [-0.2, 0) is 4.79 Å². The fourth-order valence-corrected chi connectivity index (χ4v) is 3.85. The van der Waals surface area contributed by atoms with Crippen molar-refractivity contribution in [1.29, 1.82) is 0 Å². The number of carbonyl (C=O) groups excluding carboxylic acids is 1. The van der Waals surface area contributed by atoms with Crippen molar-refractivity contribution in [3.8, 4) is 0 Å². The van der Waals surface area contributed by atoms with Gasteiger partial charge in [0.25, 0.3) is 0 Å². The molecule has 0 bridgehead atoms. The third-order valence-corrected chi connectivity index (χ3v) is 5.13. The molecule has 1 fully saturated rings. The van der Waals surface area contributed by atoms with Crippen molar-refractivity contribution in [2.75, 3.05) is 11.9 Å². The molecule has 1 aliphatic carbocycles. The number of fused-ring (bicyclic) bond motifs is 1. The van der Waals surface area contributed by atoms with Crippen molar-refractivity contribution < 1.29 is 4.79 Å². The van der Waals surface area contributed by atoms with Gasteiger partial charge in [0.1, 0.15) is 0 Å². The van der Waals surface area contributed by atoms with Crippen molar-refractivity contribution in [2.24, 2.45) is 11.1 Å². The largest absolute Gasteiger partial charge is 0.329 e. The molecule has 1 saturated carbocycles. The van der Waals surface area contributed by atoms with Crippen LogP contribution in [0.15, 0.2) is 18.2 Å². The summed E-state index contributed by atoms with van der Waals surface area (Å²) in [5.74, 6) is 0.0354. The van der Waals surface area contributed by atoms with Gasteiger partial charge in [0.15, 0.2) is 5.13 Å². The Hall–Kier alpha value is -1.17. The molecule has 2 aromatic rings. The molecule has 1 aromatic carbocycles. The number of amides is 1. The summed E-state index contributed by atoms with van der Waals surface area (Å²) in [5, 5.41) is 3.65. The van der Waals surface area contributed by atoms with Gasteiger partial charge in [0.05, 0.1) is 15.6 Å². The lowest BCUT2D eigenvalue weighted by molar-refractivity contribution is -0.124. The lowest BCUT2D eigenvalue weighted by Crippen LogP contribution is -2.40. The summed E-state index contributed by atoms with van der Waals surface area (Å²) in [7, 11) is 0. The number of benzene rings is 1. The van der Waals surface area contributed by atoms with Crippen molar-refractivity contribution in [3.63, 3.8) is 0 Å². The first-order chi connectivity index (χ1) is 9.63. The first-order valence-corrected chi connectivity index (χ1v) is 7.83. The summed E-state index contributed by atoms with van der Waals surface area (Å²) >= 11 is 1.52. The quantitative estimate of drug-likeness (QED) is 0.907. The molecule has 3 rings (SSSR count). The first kappa shape index (κ1) is 16.2. The zero-order valence-electron chi connectivity index (χ0n) is 12.0. The number of nitrogens with zero attached hydrogens (tertiary/aromatic N) is 1. The Morgan fingerprint density at radius 1 is 1.43 bits per heavy atom. The molecule has 21 heavy (non-hydrogen) atoms. The predicted octanol–water partition coefficient (Wildman–Crippen LogP) is 3.48. The Morgan fingerprint density at radius 2 is 2.14 bits per heavy atom. The van der Waals surface area contributed by atoms with Crippen LogP contribution in [0.25, 0.3) is 10.2 Å². The minimum atomic E-state index is -0.381. The molecular weight excluding hydrogens is 306 g/mol. The maximum absolute atomic E-state index is 12.5. The van der Waals surface area contributed by atoms with E-state index < -0.39 is 0 Å². The Kier molecular flexibility index (Phi) is 4.86. The normalized spacial score (nSPS) is 16.7. The maximum atomic E-state index is 12.5. The van der Waals surface area contributed by atoms with E-state index in [0.29, 0.717) is 11.7 Å². The molecule has 0 aliphatic heterocycles. The maximum Gasteiger partial charge on any atom is 0.233 e. The molecule has 1 aromatic heterocycles. The number of hydrogen-bond acceptors (Lipinski definition) is 4. The van der Waals surface area contributed by atoms with Gasteiger partial charge in [-0.3, -0.25) is 4.79 Å². The number of thiazole rings is 1. The van der Waals surface area contributed by atoms with E-state index in [0.717, 1.165) is 35.9 Å². The number of anilines is 1. The standard InChI is InChI=1S/C15H19N3OS.ClH/c1-10-4-5-11-12(8-10)20-14(17-11)18-13(19)15(9-16)6-2-3-7-15;/h4-5,8H,2-3,6-7,9,16H2,1H3,(H,17,18,19);1H. The van der Waals surface area contributed by atoms with E-state index in [1.807, 2.05) is 12.1 Å².